The smallest absolute Gasteiger partial charge is 0.377 e. The fourth-order valence-electron chi connectivity index (χ4n) is 5.02. The van der Waals surface area contributed by atoms with E-state index in [9.17, 15) is 18.0 Å². The standard InChI is InChI=1S/C28H25F3N8O/c1-2-11-38-12-3-4-19(16-38)24-22-8-10-35-27(33)39(22)25(37-24)18-5-6-20(21(14-18)28(29,30)31)26(40)36-23-13-17(15-32)7-9-34-23/h2,5-11,13-14,19H,3-4,12,16H2,1H3,(H2,33,35)(H,34,36,40). The first kappa shape index (κ1) is 26.7. The number of nitrogen functional groups attached to an aromatic ring is 1. The number of nitrogens with zero attached hydrogens (tertiary/aromatic N) is 6. The van der Waals surface area contributed by atoms with Crippen LogP contribution in [-0.2, 0) is 6.18 Å². The van der Waals surface area contributed by atoms with Crippen molar-refractivity contribution in [1.82, 2.24) is 24.3 Å². The molecule has 12 heteroatoms. The zero-order valence-electron chi connectivity index (χ0n) is 21.5. The summed E-state index contributed by atoms with van der Waals surface area (Å²) in [6, 6.07) is 9.74. The van der Waals surface area contributed by atoms with E-state index >= 15 is 0 Å². The minimum atomic E-state index is -4.85. The Morgan fingerprint density at radius 2 is 2.00 bits per heavy atom. The molecule has 0 saturated carbocycles. The van der Waals surface area contributed by atoms with Crippen molar-refractivity contribution >= 4 is 23.2 Å². The number of nitrogens with one attached hydrogen (secondary N) is 1. The number of amides is 1. The van der Waals surface area contributed by atoms with Crippen molar-refractivity contribution < 1.29 is 18.0 Å². The Bertz CT molecular complexity index is 1650. The highest BCUT2D eigenvalue weighted by molar-refractivity contribution is 6.05. The number of fused-ring (bicyclic) bond motifs is 1. The number of nitrogens with two attached hydrogens (primary N) is 1. The molecule has 1 atom stereocenters. The average Bonchev–Trinajstić information content (AvgIpc) is 3.34. The number of allylic oxidation sites excluding steroid dienone is 1. The highest BCUT2D eigenvalue weighted by atomic mass is 19.4. The van der Waals surface area contributed by atoms with E-state index in [4.69, 9.17) is 16.0 Å². The summed E-state index contributed by atoms with van der Waals surface area (Å²) >= 11 is 0. The number of hydrogen-bond donors (Lipinski definition) is 2. The summed E-state index contributed by atoms with van der Waals surface area (Å²) in [6.07, 6.45) is 3.79. The molecule has 1 unspecified atom stereocenters. The second kappa shape index (κ2) is 10.7. The van der Waals surface area contributed by atoms with Crippen LogP contribution in [0.5, 0.6) is 0 Å². The van der Waals surface area contributed by atoms with Crippen molar-refractivity contribution in [3.63, 3.8) is 0 Å². The number of anilines is 2. The molecule has 204 valence electrons. The summed E-state index contributed by atoms with van der Waals surface area (Å²) in [4.78, 5) is 27.9. The molecule has 5 rings (SSSR count). The van der Waals surface area contributed by atoms with E-state index in [0.29, 0.717) is 12.1 Å². The molecule has 1 aromatic carbocycles. The van der Waals surface area contributed by atoms with Gasteiger partial charge < -0.3 is 16.0 Å². The lowest BCUT2D eigenvalue weighted by Crippen LogP contribution is -2.30. The van der Waals surface area contributed by atoms with Gasteiger partial charge in [0.15, 0.2) is 0 Å². The fourth-order valence-corrected chi connectivity index (χ4v) is 5.02. The Morgan fingerprint density at radius 3 is 2.75 bits per heavy atom. The van der Waals surface area contributed by atoms with Crippen LogP contribution in [0.1, 0.15) is 52.9 Å². The molecule has 9 nitrogen and oxygen atoms in total. The molecule has 40 heavy (non-hydrogen) atoms. The second-order valence-corrected chi connectivity index (χ2v) is 9.41. The monoisotopic (exact) mass is 546 g/mol. The quantitative estimate of drug-likeness (QED) is 0.351. The number of pyridine rings is 1. The minimum absolute atomic E-state index is 0.0385. The Balaban J connectivity index is 1.58. The maximum Gasteiger partial charge on any atom is 0.417 e. The van der Waals surface area contributed by atoms with Crippen LogP contribution in [0.4, 0.5) is 24.9 Å². The Labute approximate surface area is 227 Å². The molecule has 3 N–H and O–H groups in total. The van der Waals surface area contributed by atoms with Gasteiger partial charge >= 0.3 is 6.18 Å². The molecule has 0 radical (unpaired) electrons. The predicted molar refractivity (Wildman–Crippen MR) is 143 cm³/mol. The first-order chi connectivity index (χ1) is 19.2. The molecule has 0 spiro atoms. The molecule has 0 aliphatic carbocycles. The Morgan fingerprint density at radius 1 is 1.20 bits per heavy atom. The molecule has 3 aromatic heterocycles. The molecule has 4 heterocycles. The van der Waals surface area contributed by atoms with Crippen LogP contribution < -0.4 is 11.1 Å². The molecular formula is C28H25F3N8O. The highest BCUT2D eigenvalue weighted by Gasteiger charge is 2.36. The van der Waals surface area contributed by atoms with E-state index in [1.165, 1.54) is 24.4 Å². The number of benzene rings is 1. The normalized spacial score (nSPS) is 15.9. The Kier molecular flexibility index (Phi) is 7.13. The van der Waals surface area contributed by atoms with Crippen molar-refractivity contribution in [2.45, 2.75) is 31.9 Å². The van der Waals surface area contributed by atoms with E-state index in [1.807, 2.05) is 25.3 Å². The summed E-state index contributed by atoms with van der Waals surface area (Å²) in [5.41, 5.74) is 6.21. The number of hydrogen-bond acceptors (Lipinski definition) is 7. The van der Waals surface area contributed by atoms with Gasteiger partial charge in [-0.1, -0.05) is 12.1 Å². The van der Waals surface area contributed by atoms with Crippen molar-refractivity contribution in [1.29, 1.82) is 5.26 Å². The predicted octanol–water partition coefficient (Wildman–Crippen LogP) is 5.23. The van der Waals surface area contributed by atoms with E-state index in [2.05, 4.69) is 20.2 Å². The molecular weight excluding hydrogens is 521 g/mol. The second-order valence-electron chi connectivity index (χ2n) is 9.41. The number of aromatic nitrogens is 4. The molecule has 1 aliphatic rings. The van der Waals surface area contributed by atoms with E-state index < -0.39 is 23.2 Å². The SMILES string of the molecule is CC=CN1CCCC(c2nc(-c3ccc(C(=O)Nc4cc(C#N)ccn4)c(C(F)(F)F)c3)n3c(N)nccc23)C1. The number of piperidine rings is 1. The largest absolute Gasteiger partial charge is 0.417 e. The summed E-state index contributed by atoms with van der Waals surface area (Å²) < 4.78 is 44.3. The van der Waals surface area contributed by atoms with Gasteiger partial charge in [-0.25, -0.2) is 15.0 Å². The van der Waals surface area contributed by atoms with Crippen LogP contribution in [0.2, 0.25) is 0 Å². The van der Waals surface area contributed by atoms with Gasteiger partial charge in [0, 0.05) is 37.0 Å². The van der Waals surface area contributed by atoms with Crippen molar-refractivity contribution in [2.24, 2.45) is 0 Å². The average molecular weight is 547 g/mol. The van der Waals surface area contributed by atoms with E-state index in [-0.39, 0.29) is 34.6 Å². The van der Waals surface area contributed by atoms with Crippen LogP contribution in [0.15, 0.2) is 61.1 Å². The van der Waals surface area contributed by atoms with Crippen molar-refractivity contribution in [3.8, 4) is 17.5 Å². The van der Waals surface area contributed by atoms with Gasteiger partial charge in [-0.3, -0.25) is 9.20 Å². The Hall–Kier alpha value is -4.92. The summed E-state index contributed by atoms with van der Waals surface area (Å²) in [5, 5.41) is 11.4. The minimum Gasteiger partial charge on any atom is -0.377 e. The van der Waals surface area contributed by atoms with Crippen LogP contribution in [0, 0.1) is 11.3 Å². The van der Waals surface area contributed by atoms with Crippen molar-refractivity contribution in [3.05, 3.63) is 83.5 Å². The summed E-state index contributed by atoms with van der Waals surface area (Å²) in [6.45, 7) is 3.58. The molecule has 1 amide bonds. The molecule has 1 aliphatic heterocycles. The third-order valence-corrected chi connectivity index (χ3v) is 6.77. The third kappa shape index (κ3) is 5.18. The number of nitriles is 1. The van der Waals surface area contributed by atoms with E-state index in [0.717, 1.165) is 37.2 Å². The molecule has 4 aromatic rings. The lowest BCUT2D eigenvalue weighted by Gasteiger charge is -2.31. The summed E-state index contributed by atoms with van der Waals surface area (Å²) in [5.74, 6) is -0.712. The number of imidazole rings is 1. The van der Waals surface area contributed by atoms with Crippen LogP contribution >= 0.6 is 0 Å². The topological polar surface area (TPSA) is 125 Å². The maximum absolute atomic E-state index is 14.3. The van der Waals surface area contributed by atoms with Gasteiger partial charge in [0.2, 0.25) is 5.95 Å². The van der Waals surface area contributed by atoms with Gasteiger partial charge in [-0.2, -0.15) is 18.4 Å². The van der Waals surface area contributed by atoms with Crippen LogP contribution in [0.25, 0.3) is 16.9 Å². The number of halogens is 3. The van der Waals surface area contributed by atoms with Gasteiger partial charge in [0.05, 0.1) is 34.0 Å². The van der Waals surface area contributed by atoms with Crippen LogP contribution in [0.3, 0.4) is 0 Å². The lowest BCUT2D eigenvalue weighted by atomic mass is 9.94. The number of carbonyl (C=O) groups is 1. The number of rotatable bonds is 5. The first-order valence-corrected chi connectivity index (χ1v) is 12.6. The van der Waals surface area contributed by atoms with Gasteiger partial charge in [-0.05, 0) is 56.3 Å². The van der Waals surface area contributed by atoms with Gasteiger partial charge in [0.1, 0.15) is 11.6 Å². The van der Waals surface area contributed by atoms with Crippen molar-refractivity contribution in [2.75, 3.05) is 24.1 Å². The lowest BCUT2D eigenvalue weighted by molar-refractivity contribution is -0.137. The highest BCUT2D eigenvalue weighted by Crippen LogP contribution is 2.38. The van der Waals surface area contributed by atoms with Gasteiger partial charge in [0.25, 0.3) is 5.91 Å². The van der Waals surface area contributed by atoms with Gasteiger partial charge in [-0.15, -0.1) is 0 Å². The van der Waals surface area contributed by atoms with E-state index in [1.54, 1.807) is 16.7 Å². The number of carbonyl (C=O) groups excluding carboxylic acids is 1. The first-order valence-electron chi connectivity index (χ1n) is 12.6. The van der Waals surface area contributed by atoms with Crippen LogP contribution in [-0.4, -0.2) is 43.2 Å². The zero-order chi connectivity index (χ0) is 28.4. The maximum atomic E-state index is 14.3. The fraction of sp³-hybridized carbons (Fsp3) is 0.250. The molecule has 1 saturated heterocycles. The molecule has 0 bridgehead atoms. The summed E-state index contributed by atoms with van der Waals surface area (Å²) in [7, 11) is 0. The number of alkyl halides is 3. The zero-order valence-corrected chi connectivity index (χ0v) is 21.5. The number of likely N-dealkylation sites (tertiary alicyclic amines) is 1. The third-order valence-electron chi connectivity index (χ3n) is 6.77. The molecule has 1 fully saturated rings.